The van der Waals surface area contributed by atoms with E-state index in [0.29, 0.717) is 0 Å². The van der Waals surface area contributed by atoms with Crippen LogP contribution in [0.5, 0.6) is 0 Å². The van der Waals surface area contributed by atoms with Crippen LogP contribution in [0.25, 0.3) is 0 Å². The Hall–Kier alpha value is -2.61. The van der Waals surface area contributed by atoms with Gasteiger partial charge in [-0.05, 0) is 12.5 Å². The van der Waals surface area contributed by atoms with E-state index >= 15 is 0 Å². The average molecular weight is 310 g/mol. The molecule has 4 N–H and O–H groups in total. The molecular formula is C14H18N2O6. The van der Waals surface area contributed by atoms with Gasteiger partial charge in [0.15, 0.2) is 6.04 Å². The highest BCUT2D eigenvalue weighted by Gasteiger charge is 2.24. The molecule has 0 radical (unpaired) electrons. The first-order valence-corrected chi connectivity index (χ1v) is 6.55. The van der Waals surface area contributed by atoms with Gasteiger partial charge in [0.05, 0.1) is 6.10 Å². The van der Waals surface area contributed by atoms with Gasteiger partial charge in [-0.1, -0.05) is 30.3 Å². The summed E-state index contributed by atoms with van der Waals surface area (Å²) in [7, 11) is 0. The summed E-state index contributed by atoms with van der Waals surface area (Å²) >= 11 is 0. The minimum Gasteiger partial charge on any atom is -0.480 e. The molecule has 0 saturated carbocycles. The van der Waals surface area contributed by atoms with E-state index in [1.165, 1.54) is 6.92 Å². The van der Waals surface area contributed by atoms with Crippen molar-refractivity contribution < 1.29 is 29.3 Å². The van der Waals surface area contributed by atoms with Gasteiger partial charge in [0.1, 0.15) is 13.2 Å². The Morgan fingerprint density at radius 1 is 1.23 bits per heavy atom. The molecule has 0 aliphatic rings. The van der Waals surface area contributed by atoms with E-state index < -0.39 is 36.7 Å². The summed E-state index contributed by atoms with van der Waals surface area (Å²) in [6, 6.07) is 7.54. The first kappa shape index (κ1) is 17.4. The summed E-state index contributed by atoms with van der Waals surface area (Å²) in [4.78, 5) is 33.7. The summed E-state index contributed by atoms with van der Waals surface area (Å²) in [6.45, 7) is 0.838. The highest BCUT2D eigenvalue weighted by Crippen LogP contribution is 2.00. The number of ether oxygens (including phenoxy) is 1. The van der Waals surface area contributed by atoms with Gasteiger partial charge in [-0.2, -0.15) is 0 Å². The molecule has 0 aliphatic heterocycles. The lowest BCUT2D eigenvalue weighted by molar-refractivity contribution is -0.144. The molecule has 0 spiro atoms. The van der Waals surface area contributed by atoms with Gasteiger partial charge in [-0.25, -0.2) is 9.59 Å². The third kappa shape index (κ3) is 6.23. The van der Waals surface area contributed by atoms with Crippen LogP contribution in [-0.2, 0) is 20.9 Å². The molecule has 0 heterocycles. The first-order valence-electron chi connectivity index (χ1n) is 6.55. The first-order chi connectivity index (χ1) is 10.4. The van der Waals surface area contributed by atoms with Gasteiger partial charge in [-0.3, -0.25) is 4.79 Å². The summed E-state index contributed by atoms with van der Waals surface area (Å²) in [5, 5.41) is 22.3. The molecule has 1 aromatic rings. The van der Waals surface area contributed by atoms with Crippen LogP contribution in [0.2, 0.25) is 0 Å². The fourth-order valence-corrected chi connectivity index (χ4v) is 1.54. The van der Waals surface area contributed by atoms with E-state index in [-0.39, 0.29) is 6.61 Å². The molecule has 0 bridgehead atoms. The number of carbonyl (C=O) groups is 3. The summed E-state index contributed by atoms with van der Waals surface area (Å²) < 4.78 is 4.88. The number of rotatable bonds is 7. The average Bonchev–Trinajstić information content (AvgIpc) is 2.49. The van der Waals surface area contributed by atoms with Crippen molar-refractivity contribution in [1.29, 1.82) is 0 Å². The van der Waals surface area contributed by atoms with Gasteiger partial charge in [0, 0.05) is 0 Å². The van der Waals surface area contributed by atoms with Gasteiger partial charge < -0.3 is 25.6 Å². The lowest BCUT2D eigenvalue weighted by atomic mass is 10.2. The van der Waals surface area contributed by atoms with Gasteiger partial charge in [0.25, 0.3) is 0 Å². The predicted molar refractivity (Wildman–Crippen MR) is 75.9 cm³/mol. The molecule has 1 rings (SSSR count). The van der Waals surface area contributed by atoms with Crippen LogP contribution in [0, 0.1) is 0 Å². The Bertz CT molecular complexity index is 517. The van der Waals surface area contributed by atoms with Crippen LogP contribution < -0.4 is 10.6 Å². The molecule has 8 nitrogen and oxygen atoms in total. The van der Waals surface area contributed by atoms with E-state index in [4.69, 9.17) is 9.84 Å². The maximum atomic E-state index is 11.5. The summed E-state index contributed by atoms with van der Waals surface area (Å²) in [5.41, 5.74) is 0.794. The molecule has 0 unspecified atom stereocenters. The lowest BCUT2D eigenvalue weighted by Gasteiger charge is -2.17. The van der Waals surface area contributed by atoms with Crippen molar-refractivity contribution in [3.63, 3.8) is 0 Å². The SMILES string of the molecule is C[C@H](O)[C@H](NC(=O)CNC(=O)OCc1ccccc1)C(=O)O. The number of hydrogen-bond donors (Lipinski definition) is 4. The van der Waals surface area contributed by atoms with Crippen LogP contribution in [0.4, 0.5) is 4.79 Å². The van der Waals surface area contributed by atoms with Crippen molar-refractivity contribution in [3.05, 3.63) is 35.9 Å². The van der Waals surface area contributed by atoms with Gasteiger partial charge in [-0.15, -0.1) is 0 Å². The van der Waals surface area contributed by atoms with E-state index in [1.54, 1.807) is 24.3 Å². The van der Waals surface area contributed by atoms with Crippen LogP contribution in [0.1, 0.15) is 12.5 Å². The topological polar surface area (TPSA) is 125 Å². The van der Waals surface area contributed by atoms with Crippen molar-refractivity contribution in [3.8, 4) is 0 Å². The number of amides is 2. The third-order valence-electron chi connectivity index (χ3n) is 2.67. The second-order valence-electron chi connectivity index (χ2n) is 4.54. The monoisotopic (exact) mass is 310 g/mol. The van der Waals surface area contributed by atoms with Crippen molar-refractivity contribution in [2.75, 3.05) is 6.54 Å². The largest absolute Gasteiger partial charge is 0.480 e. The molecule has 2 atom stereocenters. The Labute approximate surface area is 127 Å². The Morgan fingerprint density at radius 3 is 2.41 bits per heavy atom. The molecule has 0 aromatic heterocycles. The second kappa shape index (κ2) is 8.63. The predicted octanol–water partition coefficient (Wildman–Crippen LogP) is -0.137. The highest BCUT2D eigenvalue weighted by atomic mass is 16.5. The van der Waals surface area contributed by atoms with Crippen molar-refractivity contribution in [1.82, 2.24) is 10.6 Å². The molecule has 22 heavy (non-hydrogen) atoms. The minimum absolute atomic E-state index is 0.0553. The molecule has 120 valence electrons. The smallest absolute Gasteiger partial charge is 0.407 e. The number of carboxylic acids is 1. The minimum atomic E-state index is -1.44. The molecular weight excluding hydrogens is 292 g/mol. The van der Waals surface area contributed by atoms with E-state index in [1.807, 2.05) is 6.07 Å². The zero-order valence-electron chi connectivity index (χ0n) is 12.0. The van der Waals surface area contributed by atoms with Crippen LogP contribution in [0.15, 0.2) is 30.3 Å². The number of benzene rings is 1. The Kier molecular flexibility index (Phi) is 6.84. The highest BCUT2D eigenvalue weighted by molar-refractivity contribution is 5.86. The van der Waals surface area contributed by atoms with Crippen LogP contribution in [-0.4, -0.2) is 46.9 Å². The normalized spacial score (nSPS) is 12.8. The second-order valence-corrected chi connectivity index (χ2v) is 4.54. The van der Waals surface area contributed by atoms with Gasteiger partial charge in [0.2, 0.25) is 5.91 Å². The summed E-state index contributed by atoms with van der Waals surface area (Å²) in [6.07, 6.45) is -2.06. The molecule has 0 fully saturated rings. The maximum absolute atomic E-state index is 11.5. The van der Waals surface area contributed by atoms with Crippen LogP contribution >= 0.6 is 0 Å². The molecule has 0 aliphatic carbocycles. The van der Waals surface area contributed by atoms with Crippen LogP contribution in [0.3, 0.4) is 0 Å². The zero-order valence-corrected chi connectivity index (χ0v) is 12.0. The number of aliphatic hydroxyl groups is 1. The number of aliphatic carboxylic acids is 1. The third-order valence-corrected chi connectivity index (χ3v) is 2.67. The lowest BCUT2D eigenvalue weighted by Crippen LogP contribution is -2.50. The molecule has 8 heteroatoms. The van der Waals surface area contributed by atoms with Crippen molar-refractivity contribution in [2.24, 2.45) is 0 Å². The van der Waals surface area contributed by atoms with Crippen molar-refractivity contribution >= 4 is 18.0 Å². The Balaban J connectivity index is 2.31. The van der Waals surface area contributed by atoms with Crippen molar-refractivity contribution in [2.45, 2.75) is 25.7 Å². The molecule has 0 saturated heterocycles. The number of carbonyl (C=O) groups excluding carboxylic acids is 2. The Morgan fingerprint density at radius 2 is 1.86 bits per heavy atom. The molecule has 1 aromatic carbocycles. The van der Waals surface area contributed by atoms with Gasteiger partial charge >= 0.3 is 12.1 Å². The molecule has 2 amide bonds. The number of nitrogens with one attached hydrogen (secondary N) is 2. The number of hydrogen-bond acceptors (Lipinski definition) is 5. The van der Waals surface area contributed by atoms with E-state index in [0.717, 1.165) is 5.56 Å². The fourth-order valence-electron chi connectivity index (χ4n) is 1.54. The van der Waals surface area contributed by atoms with E-state index in [9.17, 15) is 19.5 Å². The number of aliphatic hydroxyl groups excluding tert-OH is 1. The van der Waals surface area contributed by atoms with E-state index in [2.05, 4.69) is 10.6 Å². The quantitative estimate of drug-likeness (QED) is 0.555. The summed E-state index contributed by atoms with van der Waals surface area (Å²) in [5.74, 6) is -2.11. The number of carboxylic acid groups (broad SMARTS) is 1. The number of alkyl carbamates (subject to hydrolysis) is 1. The maximum Gasteiger partial charge on any atom is 0.407 e. The standard InChI is InChI=1S/C14H18N2O6/c1-9(17)12(13(19)20)16-11(18)7-15-14(21)22-8-10-5-3-2-4-6-10/h2-6,9,12,17H,7-8H2,1H3,(H,15,21)(H,16,18)(H,19,20)/t9-,12-/m0/s1. The zero-order chi connectivity index (χ0) is 16.5. The fraction of sp³-hybridized carbons (Fsp3) is 0.357.